The Labute approximate surface area is 135 Å². The third kappa shape index (κ3) is 4.85. The molecule has 1 unspecified atom stereocenters. The number of aryl methyl sites for hydroxylation is 2. The smallest absolute Gasteiger partial charge is 0.280 e. The maximum Gasteiger partial charge on any atom is 0.280 e. The second-order valence-corrected chi connectivity index (χ2v) is 5.38. The molecule has 2 rings (SSSR count). The van der Waals surface area contributed by atoms with Crippen LogP contribution in [0.15, 0.2) is 47.6 Å². The van der Waals surface area contributed by atoms with Crippen molar-refractivity contribution in [3.8, 4) is 11.5 Å². The molecule has 2 aromatic rings. The molecule has 5 nitrogen and oxygen atoms in total. The molecule has 0 fully saturated rings. The lowest BCUT2D eigenvalue weighted by Crippen LogP contribution is -2.33. The van der Waals surface area contributed by atoms with E-state index in [-0.39, 0.29) is 11.7 Å². The van der Waals surface area contributed by atoms with Crippen molar-refractivity contribution in [1.29, 1.82) is 0 Å². The normalized spacial score (nSPS) is 12.1. The third-order valence-electron chi connectivity index (χ3n) is 3.19. The summed E-state index contributed by atoms with van der Waals surface area (Å²) in [7, 11) is 0. The number of amides is 1. The summed E-state index contributed by atoms with van der Waals surface area (Å²) >= 11 is 0. The molecule has 0 radical (unpaired) electrons. The Hall–Kier alpha value is -2.82. The summed E-state index contributed by atoms with van der Waals surface area (Å²) in [6, 6.07) is 12.5. The van der Waals surface area contributed by atoms with Gasteiger partial charge < -0.3 is 9.84 Å². The Morgan fingerprint density at radius 3 is 2.52 bits per heavy atom. The number of aromatic hydroxyl groups is 1. The first kappa shape index (κ1) is 16.5. The van der Waals surface area contributed by atoms with Gasteiger partial charge >= 0.3 is 0 Å². The Morgan fingerprint density at radius 1 is 1.22 bits per heavy atom. The maximum atomic E-state index is 12.0. The van der Waals surface area contributed by atoms with Crippen molar-refractivity contribution in [2.75, 3.05) is 0 Å². The number of rotatable bonds is 5. The van der Waals surface area contributed by atoms with Crippen molar-refractivity contribution in [1.82, 2.24) is 5.43 Å². The highest BCUT2D eigenvalue weighted by Crippen LogP contribution is 2.17. The molecular weight excluding hydrogens is 292 g/mol. The predicted molar refractivity (Wildman–Crippen MR) is 89.8 cm³/mol. The second-order valence-electron chi connectivity index (χ2n) is 5.38. The van der Waals surface area contributed by atoms with Gasteiger partial charge in [-0.15, -0.1) is 0 Å². The molecule has 2 N–H and O–H groups in total. The molecule has 0 spiro atoms. The van der Waals surface area contributed by atoms with E-state index in [1.807, 2.05) is 32.0 Å². The second kappa shape index (κ2) is 7.45. The van der Waals surface area contributed by atoms with Crippen LogP contribution >= 0.6 is 0 Å². The molecule has 0 aliphatic carbocycles. The number of carbonyl (C=O) groups is 1. The average Bonchev–Trinajstić information content (AvgIpc) is 2.48. The summed E-state index contributed by atoms with van der Waals surface area (Å²) in [4.78, 5) is 12.0. The molecule has 0 saturated carbocycles. The fraction of sp³-hybridized carbons (Fsp3) is 0.222. The molecule has 5 heteroatoms. The summed E-state index contributed by atoms with van der Waals surface area (Å²) in [6.45, 7) is 5.60. The molecule has 0 bridgehead atoms. The number of nitrogens with one attached hydrogen (secondary N) is 1. The number of nitrogens with zero attached hydrogens (tertiary/aromatic N) is 1. The number of phenols is 1. The topological polar surface area (TPSA) is 70.9 Å². The molecule has 1 amide bonds. The zero-order valence-corrected chi connectivity index (χ0v) is 13.4. The largest absolute Gasteiger partial charge is 0.507 e. The van der Waals surface area contributed by atoms with Crippen molar-refractivity contribution in [3.05, 3.63) is 59.2 Å². The summed E-state index contributed by atoms with van der Waals surface area (Å²) in [5, 5.41) is 13.4. The summed E-state index contributed by atoms with van der Waals surface area (Å²) < 4.78 is 5.63. The van der Waals surface area contributed by atoms with Gasteiger partial charge in [0.15, 0.2) is 6.10 Å². The molecule has 2 aromatic carbocycles. The van der Waals surface area contributed by atoms with E-state index < -0.39 is 6.10 Å². The van der Waals surface area contributed by atoms with Gasteiger partial charge in [-0.3, -0.25) is 4.79 Å². The van der Waals surface area contributed by atoms with E-state index in [1.54, 1.807) is 31.2 Å². The number of hydrazone groups is 1. The van der Waals surface area contributed by atoms with Gasteiger partial charge in [-0.05, 0) is 56.2 Å². The standard InChI is InChI=1S/C18H20N2O3/c1-12-8-13(2)10-16(9-12)23-14(3)18(22)20-19-11-15-6-4-5-7-17(15)21/h4-11,14,21H,1-3H3,(H,20,22)/b19-11+. The first-order valence-corrected chi connectivity index (χ1v) is 7.31. The van der Waals surface area contributed by atoms with Crippen LogP contribution in [0, 0.1) is 13.8 Å². The molecule has 0 saturated heterocycles. The quantitative estimate of drug-likeness (QED) is 0.659. The van der Waals surface area contributed by atoms with Crippen LogP contribution in [0.1, 0.15) is 23.6 Å². The van der Waals surface area contributed by atoms with E-state index >= 15 is 0 Å². The van der Waals surface area contributed by atoms with E-state index in [0.717, 1.165) is 11.1 Å². The van der Waals surface area contributed by atoms with Crippen molar-refractivity contribution >= 4 is 12.1 Å². The molecule has 23 heavy (non-hydrogen) atoms. The van der Waals surface area contributed by atoms with Gasteiger partial charge in [0.2, 0.25) is 0 Å². The van der Waals surface area contributed by atoms with Gasteiger partial charge in [0, 0.05) is 5.56 Å². The zero-order chi connectivity index (χ0) is 16.8. The van der Waals surface area contributed by atoms with Crippen molar-refractivity contribution in [3.63, 3.8) is 0 Å². The van der Waals surface area contributed by atoms with E-state index in [0.29, 0.717) is 11.3 Å². The van der Waals surface area contributed by atoms with Crippen LogP contribution in [0.3, 0.4) is 0 Å². The lowest BCUT2D eigenvalue weighted by atomic mass is 10.1. The lowest BCUT2D eigenvalue weighted by Gasteiger charge is -2.14. The highest BCUT2D eigenvalue weighted by atomic mass is 16.5. The van der Waals surface area contributed by atoms with Gasteiger partial charge in [-0.25, -0.2) is 5.43 Å². The number of hydrogen-bond donors (Lipinski definition) is 2. The first-order chi connectivity index (χ1) is 11.0. The van der Waals surface area contributed by atoms with Crippen LogP contribution in [0.25, 0.3) is 0 Å². The van der Waals surface area contributed by atoms with Crippen LogP contribution < -0.4 is 10.2 Å². The highest BCUT2D eigenvalue weighted by molar-refractivity contribution is 5.86. The zero-order valence-electron chi connectivity index (χ0n) is 13.4. The van der Waals surface area contributed by atoms with Crippen LogP contribution in [0.5, 0.6) is 11.5 Å². The molecule has 0 aliphatic heterocycles. The average molecular weight is 312 g/mol. The van der Waals surface area contributed by atoms with Crippen LogP contribution in [0.4, 0.5) is 0 Å². The Balaban J connectivity index is 1.93. The highest BCUT2D eigenvalue weighted by Gasteiger charge is 2.14. The van der Waals surface area contributed by atoms with Crippen molar-refractivity contribution in [2.45, 2.75) is 26.9 Å². The first-order valence-electron chi connectivity index (χ1n) is 7.31. The van der Waals surface area contributed by atoms with Crippen molar-refractivity contribution < 1.29 is 14.6 Å². The minimum Gasteiger partial charge on any atom is -0.507 e. The Bertz CT molecular complexity index is 706. The monoisotopic (exact) mass is 312 g/mol. The lowest BCUT2D eigenvalue weighted by molar-refractivity contribution is -0.127. The minimum atomic E-state index is -0.683. The number of benzene rings is 2. The molecular formula is C18H20N2O3. The number of phenolic OH excluding ortho intramolecular Hbond substituents is 1. The fourth-order valence-electron chi connectivity index (χ4n) is 2.11. The van der Waals surface area contributed by atoms with Gasteiger partial charge in [-0.2, -0.15) is 5.10 Å². The number of para-hydroxylation sites is 1. The molecule has 0 aliphatic rings. The molecule has 0 aromatic heterocycles. The van der Waals surface area contributed by atoms with E-state index in [4.69, 9.17) is 4.74 Å². The van der Waals surface area contributed by atoms with Crippen LogP contribution in [-0.4, -0.2) is 23.3 Å². The van der Waals surface area contributed by atoms with Gasteiger partial charge in [-0.1, -0.05) is 18.2 Å². The summed E-state index contributed by atoms with van der Waals surface area (Å²) in [5.74, 6) is 0.385. The minimum absolute atomic E-state index is 0.102. The summed E-state index contributed by atoms with van der Waals surface area (Å²) in [5.41, 5.74) is 5.07. The fourth-order valence-corrected chi connectivity index (χ4v) is 2.11. The molecule has 0 heterocycles. The van der Waals surface area contributed by atoms with E-state index in [9.17, 15) is 9.90 Å². The Morgan fingerprint density at radius 2 is 1.87 bits per heavy atom. The predicted octanol–water partition coefficient (Wildman–Crippen LogP) is 2.93. The molecule has 1 atom stereocenters. The SMILES string of the molecule is Cc1cc(C)cc(OC(C)C(=O)N/N=C/c2ccccc2O)c1. The van der Waals surface area contributed by atoms with Crippen molar-refractivity contribution in [2.24, 2.45) is 5.10 Å². The number of hydrogen-bond acceptors (Lipinski definition) is 4. The Kier molecular flexibility index (Phi) is 5.36. The number of ether oxygens (including phenoxy) is 1. The maximum absolute atomic E-state index is 12.0. The van der Waals surface area contributed by atoms with Crippen LogP contribution in [0.2, 0.25) is 0 Å². The third-order valence-corrected chi connectivity index (χ3v) is 3.19. The summed E-state index contributed by atoms with van der Waals surface area (Å²) in [6.07, 6.45) is 0.703. The molecule has 120 valence electrons. The van der Waals surface area contributed by atoms with Gasteiger partial charge in [0.25, 0.3) is 5.91 Å². The van der Waals surface area contributed by atoms with Crippen LogP contribution in [-0.2, 0) is 4.79 Å². The van der Waals surface area contributed by atoms with Gasteiger partial charge in [0.05, 0.1) is 6.21 Å². The number of carbonyl (C=O) groups excluding carboxylic acids is 1. The van der Waals surface area contributed by atoms with Gasteiger partial charge in [0.1, 0.15) is 11.5 Å². The van der Waals surface area contributed by atoms with E-state index in [2.05, 4.69) is 10.5 Å². The van der Waals surface area contributed by atoms with E-state index in [1.165, 1.54) is 6.21 Å².